The molecule has 0 heterocycles. The molecule has 2 aromatic rings. The summed E-state index contributed by atoms with van der Waals surface area (Å²) in [6, 6.07) is 5.14. The number of benzene rings is 2. The molecule has 3 N–H and O–H groups in total. The van der Waals surface area contributed by atoms with Gasteiger partial charge in [0, 0.05) is 31.3 Å². The summed E-state index contributed by atoms with van der Waals surface area (Å²) < 4.78 is 28.4. The predicted octanol–water partition coefficient (Wildman–Crippen LogP) is 3.80. The van der Waals surface area contributed by atoms with Gasteiger partial charge in [-0.15, -0.1) is 0 Å². The molecule has 0 aromatic heterocycles. The third kappa shape index (κ3) is 5.71. The molecule has 0 spiro atoms. The first-order valence-electron chi connectivity index (χ1n) is 10.1. The van der Waals surface area contributed by atoms with E-state index in [2.05, 4.69) is 15.4 Å². The van der Waals surface area contributed by atoms with E-state index >= 15 is 0 Å². The average molecular weight is 446 g/mol. The summed E-state index contributed by atoms with van der Waals surface area (Å²) in [5.74, 6) is -0.476. The Bertz CT molecular complexity index is 1110. The molecule has 0 aliphatic carbocycles. The number of rotatable bonds is 7. The van der Waals surface area contributed by atoms with Crippen molar-refractivity contribution < 1.29 is 18.0 Å². The second-order valence-electron chi connectivity index (χ2n) is 7.86. The van der Waals surface area contributed by atoms with E-state index in [-0.39, 0.29) is 29.7 Å². The van der Waals surface area contributed by atoms with Gasteiger partial charge in [-0.3, -0.25) is 9.59 Å². The lowest BCUT2D eigenvalue weighted by Crippen LogP contribution is -2.29. The Labute approximate surface area is 184 Å². The maximum Gasteiger partial charge on any atom is 0.241 e. The molecule has 0 aliphatic heterocycles. The Kier molecular flexibility index (Phi) is 7.62. The highest BCUT2D eigenvalue weighted by Crippen LogP contribution is 2.29. The monoisotopic (exact) mass is 445 g/mol. The normalized spacial score (nSPS) is 11.3. The Morgan fingerprint density at radius 1 is 0.839 bits per heavy atom. The first kappa shape index (κ1) is 24.6. The lowest BCUT2D eigenvalue weighted by molar-refractivity contribution is -0.116. The van der Waals surface area contributed by atoms with E-state index < -0.39 is 10.0 Å². The van der Waals surface area contributed by atoms with Gasteiger partial charge >= 0.3 is 0 Å². The summed E-state index contributed by atoms with van der Waals surface area (Å²) in [6.45, 7) is 12.7. The van der Waals surface area contributed by atoms with Crippen LogP contribution in [0.3, 0.4) is 0 Å². The van der Waals surface area contributed by atoms with E-state index in [1.165, 1.54) is 6.92 Å². The smallest absolute Gasteiger partial charge is 0.241 e. The van der Waals surface area contributed by atoms with Crippen LogP contribution in [0.4, 0.5) is 11.4 Å². The Balaban J connectivity index is 2.04. The van der Waals surface area contributed by atoms with Crippen LogP contribution in [0.25, 0.3) is 0 Å². The van der Waals surface area contributed by atoms with Crippen LogP contribution in [0, 0.1) is 41.5 Å². The zero-order chi connectivity index (χ0) is 23.5. The number of aryl methyl sites for hydroxylation is 1. The highest BCUT2D eigenvalue weighted by Gasteiger charge is 2.23. The molecule has 0 unspecified atom stereocenters. The quantitative estimate of drug-likeness (QED) is 0.603. The standard InChI is InChI=1S/C23H31N3O4S/c1-13-12-20(8-9-21(13)25-19(7)27)26-22(28)10-11-24-31(29,30)23-17(5)15(3)14(2)16(4)18(23)6/h8-9,12,24H,10-11H2,1-7H3,(H,25,27)(H,26,28). The van der Waals surface area contributed by atoms with Crippen molar-refractivity contribution in [3.63, 3.8) is 0 Å². The van der Waals surface area contributed by atoms with Crippen molar-refractivity contribution >= 4 is 33.2 Å². The van der Waals surface area contributed by atoms with Gasteiger partial charge in [-0.1, -0.05) is 0 Å². The molecule has 0 bridgehead atoms. The number of carbonyl (C=O) groups is 2. The first-order chi connectivity index (χ1) is 14.3. The average Bonchev–Trinajstić information content (AvgIpc) is 2.66. The molecule has 8 heteroatoms. The molecular weight excluding hydrogens is 414 g/mol. The zero-order valence-corrected chi connectivity index (χ0v) is 20.0. The van der Waals surface area contributed by atoms with Crippen molar-refractivity contribution in [2.45, 2.75) is 59.8 Å². The second kappa shape index (κ2) is 9.62. The molecule has 168 valence electrons. The third-order valence-corrected chi connectivity index (χ3v) is 7.40. The van der Waals surface area contributed by atoms with E-state index in [1.807, 2.05) is 41.5 Å². The van der Waals surface area contributed by atoms with E-state index in [0.717, 1.165) is 33.4 Å². The van der Waals surface area contributed by atoms with Crippen molar-refractivity contribution in [2.75, 3.05) is 17.2 Å². The Morgan fingerprint density at radius 3 is 1.90 bits per heavy atom. The largest absolute Gasteiger partial charge is 0.326 e. The van der Waals surface area contributed by atoms with Crippen LogP contribution >= 0.6 is 0 Å². The summed E-state index contributed by atoms with van der Waals surface area (Å²) >= 11 is 0. The topological polar surface area (TPSA) is 104 Å². The van der Waals surface area contributed by atoms with Gasteiger partial charge < -0.3 is 10.6 Å². The Hall–Kier alpha value is -2.71. The first-order valence-corrected chi connectivity index (χ1v) is 11.6. The maximum atomic E-state index is 12.9. The summed E-state index contributed by atoms with van der Waals surface area (Å²) in [6.07, 6.45) is -0.00630. The maximum absolute atomic E-state index is 12.9. The van der Waals surface area contributed by atoms with E-state index in [9.17, 15) is 18.0 Å². The van der Waals surface area contributed by atoms with Crippen LogP contribution in [-0.2, 0) is 19.6 Å². The van der Waals surface area contributed by atoms with Crippen LogP contribution in [0.2, 0.25) is 0 Å². The SMILES string of the molecule is CC(=O)Nc1ccc(NC(=O)CCNS(=O)(=O)c2c(C)c(C)c(C)c(C)c2C)cc1C. The van der Waals surface area contributed by atoms with Gasteiger partial charge in [-0.05, 0) is 93.1 Å². The van der Waals surface area contributed by atoms with E-state index in [0.29, 0.717) is 11.4 Å². The summed E-state index contributed by atoms with van der Waals surface area (Å²) in [7, 11) is -3.75. The zero-order valence-electron chi connectivity index (χ0n) is 19.2. The minimum absolute atomic E-state index is 0.00630. The molecule has 31 heavy (non-hydrogen) atoms. The summed E-state index contributed by atoms with van der Waals surface area (Å²) in [5, 5.41) is 5.46. The fourth-order valence-electron chi connectivity index (χ4n) is 3.53. The van der Waals surface area contributed by atoms with Gasteiger partial charge in [0.1, 0.15) is 0 Å². The van der Waals surface area contributed by atoms with Crippen LogP contribution in [0.1, 0.15) is 46.7 Å². The summed E-state index contributed by atoms with van der Waals surface area (Å²) in [5.41, 5.74) is 6.53. The third-order valence-electron chi connectivity index (χ3n) is 5.66. The lowest BCUT2D eigenvalue weighted by Gasteiger charge is -2.19. The van der Waals surface area contributed by atoms with Crippen molar-refractivity contribution in [1.29, 1.82) is 0 Å². The Morgan fingerprint density at radius 2 is 1.39 bits per heavy atom. The minimum Gasteiger partial charge on any atom is -0.326 e. The minimum atomic E-state index is -3.75. The molecule has 2 amide bonds. The molecule has 2 aromatic carbocycles. The molecule has 0 atom stereocenters. The van der Waals surface area contributed by atoms with E-state index in [4.69, 9.17) is 0 Å². The van der Waals surface area contributed by atoms with Crippen molar-refractivity contribution in [2.24, 2.45) is 0 Å². The molecule has 0 saturated heterocycles. The molecule has 0 fully saturated rings. The van der Waals surface area contributed by atoms with Gasteiger partial charge in [0.25, 0.3) is 0 Å². The highest BCUT2D eigenvalue weighted by molar-refractivity contribution is 7.89. The van der Waals surface area contributed by atoms with Gasteiger partial charge in [-0.2, -0.15) is 0 Å². The number of carbonyl (C=O) groups excluding carboxylic acids is 2. The number of anilines is 2. The fraction of sp³-hybridized carbons (Fsp3) is 0.391. The van der Waals surface area contributed by atoms with Gasteiger partial charge in [-0.25, -0.2) is 13.1 Å². The highest BCUT2D eigenvalue weighted by atomic mass is 32.2. The molecule has 2 rings (SSSR count). The van der Waals surface area contributed by atoms with Gasteiger partial charge in [0.15, 0.2) is 0 Å². The predicted molar refractivity (Wildman–Crippen MR) is 124 cm³/mol. The number of hydrogen-bond acceptors (Lipinski definition) is 4. The molecule has 7 nitrogen and oxygen atoms in total. The second-order valence-corrected chi connectivity index (χ2v) is 9.56. The van der Waals surface area contributed by atoms with E-state index in [1.54, 1.807) is 18.2 Å². The van der Waals surface area contributed by atoms with Crippen LogP contribution in [-0.4, -0.2) is 26.8 Å². The van der Waals surface area contributed by atoms with Crippen LogP contribution in [0.5, 0.6) is 0 Å². The summed E-state index contributed by atoms with van der Waals surface area (Å²) in [4.78, 5) is 23.8. The molecular formula is C23H31N3O4S. The van der Waals surface area contributed by atoms with Crippen molar-refractivity contribution in [3.8, 4) is 0 Å². The lowest BCUT2D eigenvalue weighted by atomic mass is 9.95. The number of amides is 2. The molecule has 0 aliphatic rings. The fourth-order valence-corrected chi connectivity index (χ4v) is 5.16. The molecule has 0 saturated carbocycles. The van der Waals surface area contributed by atoms with Gasteiger partial charge in [0.05, 0.1) is 4.90 Å². The number of hydrogen-bond donors (Lipinski definition) is 3. The molecule has 0 radical (unpaired) electrons. The van der Waals surface area contributed by atoms with Gasteiger partial charge in [0.2, 0.25) is 21.8 Å². The van der Waals surface area contributed by atoms with Crippen molar-refractivity contribution in [3.05, 3.63) is 51.6 Å². The number of nitrogens with one attached hydrogen (secondary N) is 3. The van der Waals surface area contributed by atoms with Crippen molar-refractivity contribution in [1.82, 2.24) is 4.72 Å². The van der Waals surface area contributed by atoms with Crippen LogP contribution in [0.15, 0.2) is 23.1 Å². The number of sulfonamides is 1. The van der Waals surface area contributed by atoms with Crippen LogP contribution < -0.4 is 15.4 Å².